The summed E-state index contributed by atoms with van der Waals surface area (Å²) in [5, 5.41) is 0. The van der Waals surface area contributed by atoms with Crippen LogP contribution in [-0.4, -0.2) is 30.9 Å². The van der Waals surface area contributed by atoms with Crippen LogP contribution in [0.5, 0.6) is 0 Å². The first-order chi connectivity index (χ1) is 11.6. The predicted molar refractivity (Wildman–Crippen MR) is 87.7 cm³/mol. The first-order valence-electron chi connectivity index (χ1n) is 7.51. The second-order valence-electron chi connectivity index (χ2n) is 5.44. The Bertz CT molecular complexity index is 799. The maximum atomic E-state index is 12.3. The van der Waals surface area contributed by atoms with Gasteiger partial charge in [0.05, 0.1) is 5.56 Å². The number of amides is 2. The van der Waals surface area contributed by atoms with Gasteiger partial charge in [-0.3, -0.25) is 9.59 Å². The summed E-state index contributed by atoms with van der Waals surface area (Å²) >= 11 is 0. The number of fused-ring (bicyclic) bond motifs is 1. The van der Waals surface area contributed by atoms with Crippen molar-refractivity contribution in [2.24, 2.45) is 5.73 Å². The minimum absolute atomic E-state index is 0.259. The van der Waals surface area contributed by atoms with Crippen LogP contribution in [0.3, 0.4) is 0 Å². The van der Waals surface area contributed by atoms with E-state index in [0.717, 1.165) is 17.7 Å². The topological polar surface area (TPSA) is 89.7 Å². The van der Waals surface area contributed by atoms with Crippen molar-refractivity contribution in [1.29, 1.82) is 0 Å². The fourth-order valence-corrected chi connectivity index (χ4v) is 2.66. The molecule has 0 bridgehead atoms. The van der Waals surface area contributed by atoms with E-state index in [2.05, 4.69) is 0 Å². The van der Waals surface area contributed by atoms with Crippen LogP contribution < -0.4 is 10.6 Å². The molecule has 0 aliphatic carbocycles. The van der Waals surface area contributed by atoms with Gasteiger partial charge in [0.1, 0.15) is 0 Å². The van der Waals surface area contributed by atoms with E-state index in [1.54, 1.807) is 4.90 Å². The van der Waals surface area contributed by atoms with Crippen molar-refractivity contribution < 1.29 is 19.1 Å². The second-order valence-corrected chi connectivity index (χ2v) is 5.44. The number of esters is 1. The van der Waals surface area contributed by atoms with Crippen molar-refractivity contribution in [3.63, 3.8) is 0 Å². The average molecular weight is 324 g/mol. The number of benzene rings is 2. The summed E-state index contributed by atoms with van der Waals surface area (Å²) in [6.07, 6.45) is 0.796. The molecule has 0 saturated carbocycles. The molecule has 6 nitrogen and oxygen atoms in total. The van der Waals surface area contributed by atoms with Crippen molar-refractivity contribution >= 4 is 23.5 Å². The van der Waals surface area contributed by atoms with E-state index in [0.29, 0.717) is 12.1 Å². The highest BCUT2D eigenvalue weighted by atomic mass is 16.5. The van der Waals surface area contributed by atoms with Crippen molar-refractivity contribution in [2.45, 2.75) is 6.42 Å². The molecule has 0 saturated heterocycles. The van der Waals surface area contributed by atoms with Crippen LogP contribution in [0.15, 0.2) is 48.5 Å². The number of anilines is 1. The van der Waals surface area contributed by atoms with Crippen LogP contribution in [0, 0.1) is 0 Å². The molecule has 6 heteroatoms. The minimum atomic E-state index is -0.619. The standard InChI is InChI=1S/C18H16N2O4/c19-17(22)13-5-7-14(8-6-13)18(23)24-11-16(21)20-10-9-12-3-1-2-4-15(12)20/h1-8H,9-11H2,(H2,19,22). The summed E-state index contributed by atoms with van der Waals surface area (Å²) in [5.41, 5.74) is 7.68. The van der Waals surface area contributed by atoms with Crippen LogP contribution in [0.2, 0.25) is 0 Å². The molecule has 1 aliphatic rings. The third-order valence-corrected chi connectivity index (χ3v) is 3.92. The van der Waals surface area contributed by atoms with Gasteiger partial charge < -0.3 is 15.4 Å². The summed E-state index contributed by atoms with van der Waals surface area (Å²) < 4.78 is 5.07. The van der Waals surface area contributed by atoms with E-state index in [-0.39, 0.29) is 18.1 Å². The fourth-order valence-electron chi connectivity index (χ4n) is 2.66. The lowest BCUT2D eigenvalue weighted by Crippen LogP contribution is -2.33. The monoisotopic (exact) mass is 324 g/mol. The van der Waals surface area contributed by atoms with Gasteiger partial charge in [-0.2, -0.15) is 0 Å². The first kappa shape index (κ1) is 15.7. The molecule has 0 unspecified atom stereocenters. The van der Waals surface area contributed by atoms with E-state index >= 15 is 0 Å². The molecular formula is C18H16N2O4. The Morgan fingerprint density at radius 2 is 1.67 bits per heavy atom. The normalized spacial score (nSPS) is 12.6. The SMILES string of the molecule is NC(=O)c1ccc(C(=O)OCC(=O)N2CCc3ccccc32)cc1. The van der Waals surface area contributed by atoms with Gasteiger partial charge >= 0.3 is 5.97 Å². The van der Waals surface area contributed by atoms with Gasteiger partial charge in [0.25, 0.3) is 5.91 Å². The van der Waals surface area contributed by atoms with E-state index in [1.165, 1.54) is 24.3 Å². The summed E-state index contributed by atoms with van der Waals surface area (Å²) in [7, 11) is 0. The van der Waals surface area contributed by atoms with Gasteiger partial charge in [-0.1, -0.05) is 18.2 Å². The van der Waals surface area contributed by atoms with Gasteiger partial charge in [-0.15, -0.1) is 0 Å². The van der Waals surface area contributed by atoms with E-state index < -0.39 is 11.9 Å². The lowest BCUT2D eigenvalue weighted by atomic mass is 10.1. The minimum Gasteiger partial charge on any atom is -0.452 e. The average Bonchev–Trinajstić information content (AvgIpc) is 3.03. The van der Waals surface area contributed by atoms with E-state index in [4.69, 9.17) is 10.5 Å². The molecular weight excluding hydrogens is 308 g/mol. The molecule has 2 aromatic carbocycles. The van der Waals surface area contributed by atoms with Crippen molar-refractivity contribution in [3.05, 3.63) is 65.2 Å². The molecule has 3 rings (SSSR count). The highest BCUT2D eigenvalue weighted by molar-refractivity contribution is 5.99. The number of hydrogen-bond donors (Lipinski definition) is 1. The Morgan fingerprint density at radius 3 is 2.38 bits per heavy atom. The smallest absolute Gasteiger partial charge is 0.338 e. The summed E-state index contributed by atoms with van der Waals surface area (Å²) in [4.78, 5) is 36.9. The highest BCUT2D eigenvalue weighted by Gasteiger charge is 2.25. The Hall–Kier alpha value is -3.15. The van der Waals surface area contributed by atoms with Crippen LogP contribution in [0.4, 0.5) is 5.69 Å². The molecule has 2 amide bonds. The molecule has 0 radical (unpaired) electrons. The molecule has 1 heterocycles. The number of ether oxygens (including phenoxy) is 1. The van der Waals surface area contributed by atoms with Gasteiger partial charge in [0.2, 0.25) is 5.91 Å². The van der Waals surface area contributed by atoms with Crippen LogP contribution >= 0.6 is 0 Å². The molecule has 122 valence electrons. The lowest BCUT2D eigenvalue weighted by Gasteiger charge is -2.17. The van der Waals surface area contributed by atoms with E-state index in [1.807, 2.05) is 24.3 Å². The largest absolute Gasteiger partial charge is 0.452 e. The van der Waals surface area contributed by atoms with Gasteiger partial charge in [-0.25, -0.2) is 4.79 Å². The number of carbonyl (C=O) groups excluding carboxylic acids is 3. The fraction of sp³-hybridized carbons (Fsp3) is 0.167. The number of para-hydroxylation sites is 1. The van der Waals surface area contributed by atoms with Crippen LogP contribution in [0.25, 0.3) is 0 Å². The maximum absolute atomic E-state index is 12.3. The van der Waals surface area contributed by atoms with Gasteiger partial charge in [0, 0.05) is 17.8 Å². The first-order valence-corrected chi connectivity index (χ1v) is 7.51. The second kappa shape index (κ2) is 6.54. The van der Waals surface area contributed by atoms with Crippen LogP contribution in [-0.2, 0) is 16.0 Å². The number of hydrogen-bond acceptors (Lipinski definition) is 4. The maximum Gasteiger partial charge on any atom is 0.338 e. The molecule has 0 fully saturated rings. The number of nitrogens with zero attached hydrogens (tertiary/aromatic N) is 1. The van der Waals surface area contributed by atoms with E-state index in [9.17, 15) is 14.4 Å². The summed E-state index contributed by atoms with van der Waals surface area (Å²) in [5.74, 6) is -1.45. The Balaban J connectivity index is 1.60. The Morgan fingerprint density at radius 1 is 1.00 bits per heavy atom. The zero-order chi connectivity index (χ0) is 17.1. The van der Waals surface area contributed by atoms with Gasteiger partial charge in [-0.05, 0) is 42.3 Å². The van der Waals surface area contributed by atoms with Crippen molar-refractivity contribution in [3.8, 4) is 0 Å². The lowest BCUT2D eigenvalue weighted by molar-refractivity contribution is -0.121. The summed E-state index contributed by atoms with van der Waals surface area (Å²) in [6.45, 7) is 0.258. The number of carbonyl (C=O) groups is 3. The Kier molecular flexibility index (Phi) is 4.29. The molecule has 1 aliphatic heterocycles. The molecule has 2 N–H and O–H groups in total. The number of primary amides is 1. The van der Waals surface area contributed by atoms with Crippen molar-refractivity contribution in [2.75, 3.05) is 18.1 Å². The molecule has 0 spiro atoms. The third kappa shape index (κ3) is 3.12. The van der Waals surface area contributed by atoms with Crippen LogP contribution in [0.1, 0.15) is 26.3 Å². The zero-order valence-electron chi connectivity index (χ0n) is 12.9. The summed E-state index contributed by atoms with van der Waals surface area (Å²) in [6, 6.07) is 13.4. The quantitative estimate of drug-likeness (QED) is 0.864. The Labute approximate surface area is 138 Å². The molecule has 24 heavy (non-hydrogen) atoms. The molecule has 2 aromatic rings. The predicted octanol–water partition coefficient (Wildman–Crippen LogP) is 1.53. The van der Waals surface area contributed by atoms with Crippen molar-refractivity contribution in [1.82, 2.24) is 0 Å². The number of rotatable bonds is 4. The highest BCUT2D eigenvalue weighted by Crippen LogP contribution is 2.27. The zero-order valence-corrected chi connectivity index (χ0v) is 12.9. The number of nitrogens with two attached hydrogens (primary N) is 1. The third-order valence-electron chi connectivity index (χ3n) is 3.92. The molecule has 0 aromatic heterocycles. The molecule has 0 atom stereocenters. The van der Waals surface area contributed by atoms with Gasteiger partial charge in [0.15, 0.2) is 6.61 Å².